The summed E-state index contributed by atoms with van der Waals surface area (Å²) in [4.78, 5) is 25.8. The van der Waals surface area contributed by atoms with Crippen LogP contribution in [-0.4, -0.2) is 23.5 Å². The minimum absolute atomic E-state index is 0.0693. The van der Waals surface area contributed by atoms with Crippen LogP contribution in [0.5, 0.6) is 0 Å². The second kappa shape index (κ2) is 7.27. The van der Waals surface area contributed by atoms with Crippen LogP contribution in [0.4, 0.5) is 11.4 Å². The summed E-state index contributed by atoms with van der Waals surface area (Å²) in [6.45, 7) is 0.0693. The van der Waals surface area contributed by atoms with Crippen LogP contribution in [0.25, 0.3) is 0 Å². The van der Waals surface area contributed by atoms with Crippen molar-refractivity contribution in [3.63, 3.8) is 0 Å². The Balaban J connectivity index is 1.96. The molecule has 0 bridgehead atoms. The van der Waals surface area contributed by atoms with E-state index in [1.165, 1.54) is 10.0 Å². The highest BCUT2D eigenvalue weighted by Gasteiger charge is 2.46. The van der Waals surface area contributed by atoms with Gasteiger partial charge in [0.2, 0.25) is 0 Å². The molecule has 2 aromatic rings. The van der Waals surface area contributed by atoms with Crippen LogP contribution in [0.2, 0.25) is 0 Å². The van der Waals surface area contributed by atoms with Crippen molar-refractivity contribution < 1.29 is 14.7 Å². The van der Waals surface area contributed by atoms with Crippen LogP contribution >= 0.6 is 0 Å². The SMILES string of the molecule is O=C1C(CCCCO)C(=O)N(c2ccccc2)N1c1ccccc1. The first-order valence-electron chi connectivity index (χ1n) is 8.13. The molecule has 1 aliphatic heterocycles. The third-order valence-electron chi connectivity index (χ3n) is 4.12. The predicted molar refractivity (Wildman–Crippen MR) is 92.3 cm³/mol. The minimum atomic E-state index is -0.697. The van der Waals surface area contributed by atoms with Crippen LogP contribution in [0.15, 0.2) is 60.7 Å². The molecule has 0 aromatic heterocycles. The lowest BCUT2D eigenvalue weighted by atomic mass is 10.0. The van der Waals surface area contributed by atoms with Crippen molar-refractivity contribution in [2.24, 2.45) is 5.92 Å². The molecule has 1 fully saturated rings. The summed E-state index contributed by atoms with van der Waals surface area (Å²) >= 11 is 0. The van der Waals surface area contributed by atoms with Crippen molar-refractivity contribution in [2.75, 3.05) is 16.6 Å². The zero-order chi connectivity index (χ0) is 16.9. The highest BCUT2D eigenvalue weighted by atomic mass is 16.3. The number of unbranched alkanes of at least 4 members (excludes halogenated alkanes) is 1. The van der Waals surface area contributed by atoms with E-state index in [2.05, 4.69) is 0 Å². The van der Waals surface area contributed by atoms with Crippen molar-refractivity contribution in [2.45, 2.75) is 19.3 Å². The molecule has 5 nitrogen and oxygen atoms in total. The van der Waals surface area contributed by atoms with Gasteiger partial charge in [-0.1, -0.05) is 36.4 Å². The molecule has 2 amide bonds. The molecule has 0 atom stereocenters. The Kier molecular flexibility index (Phi) is 4.91. The summed E-state index contributed by atoms with van der Waals surface area (Å²) in [6.07, 6.45) is 1.68. The van der Waals surface area contributed by atoms with E-state index in [1.54, 1.807) is 0 Å². The summed E-state index contributed by atoms with van der Waals surface area (Å²) in [5.74, 6) is -1.13. The lowest BCUT2D eigenvalue weighted by Gasteiger charge is -2.27. The van der Waals surface area contributed by atoms with E-state index in [0.29, 0.717) is 30.6 Å². The summed E-state index contributed by atoms with van der Waals surface area (Å²) in [5.41, 5.74) is 1.34. The highest BCUT2D eigenvalue weighted by molar-refractivity contribution is 6.22. The van der Waals surface area contributed by atoms with Gasteiger partial charge in [-0.2, -0.15) is 0 Å². The maximum absolute atomic E-state index is 12.9. The molecular weight excluding hydrogens is 304 g/mol. The van der Waals surface area contributed by atoms with E-state index >= 15 is 0 Å². The molecule has 124 valence electrons. The van der Waals surface area contributed by atoms with Gasteiger partial charge in [-0.25, -0.2) is 10.0 Å². The van der Waals surface area contributed by atoms with Crippen molar-refractivity contribution in [1.29, 1.82) is 0 Å². The van der Waals surface area contributed by atoms with Crippen LogP contribution in [0.3, 0.4) is 0 Å². The number of para-hydroxylation sites is 2. The molecule has 0 unspecified atom stereocenters. The average Bonchev–Trinajstić information content (AvgIpc) is 2.88. The van der Waals surface area contributed by atoms with E-state index in [9.17, 15) is 9.59 Å². The number of anilines is 2. The topological polar surface area (TPSA) is 60.9 Å². The van der Waals surface area contributed by atoms with E-state index in [0.717, 1.165) is 0 Å². The van der Waals surface area contributed by atoms with E-state index in [1.807, 2.05) is 60.7 Å². The largest absolute Gasteiger partial charge is 0.396 e. The molecule has 0 aliphatic carbocycles. The Morgan fingerprint density at radius 2 is 1.21 bits per heavy atom. The monoisotopic (exact) mass is 324 g/mol. The molecule has 1 aliphatic rings. The summed E-state index contributed by atoms with van der Waals surface area (Å²) in [5, 5.41) is 11.9. The third-order valence-corrected chi connectivity index (χ3v) is 4.12. The predicted octanol–water partition coefficient (Wildman–Crippen LogP) is 2.76. The van der Waals surface area contributed by atoms with E-state index in [-0.39, 0.29) is 18.4 Å². The number of benzene rings is 2. The summed E-state index contributed by atoms with van der Waals surface area (Å²) in [7, 11) is 0. The first-order chi connectivity index (χ1) is 11.7. The van der Waals surface area contributed by atoms with Gasteiger partial charge in [0.05, 0.1) is 11.4 Å². The second-order valence-corrected chi connectivity index (χ2v) is 5.74. The molecule has 1 saturated heterocycles. The van der Waals surface area contributed by atoms with Gasteiger partial charge in [0, 0.05) is 6.61 Å². The zero-order valence-corrected chi connectivity index (χ0v) is 13.3. The van der Waals surface area contributed by atoms with Crippen LogP contribution in [0, 0.1) is 5.92 Å². The van der Waals surface area contributed by atoms with Crippen LogP contribution in [-0.2, 0) is 9.59 Å². The summed E-state index contributed by atoms with van der Waals surface area (Å²) < 4.78 is 0. The van der Waals surface area contributed by atoms with Gasteiger partial charge in [-0.15, -0.1) is 0 Å². The number of carbonyl (C=O) groups excluding carboxylic acids is 2. The number of nitrogens with zero attached hydrogens (tertiary/aromatic N) is 2. The van der Waals surface area contributed by atoms with Gasteiger partial charge in [0.25, 0.3) is 11.8 Å². The molecular formula is C19H20N2O3. The Hall–Kier alpha value is -2.66. The van der Waals surface area contributed by atoms with Crippen LogP contribution in [0.1, 0.15) is 19.3 Å². The number of hydrogen-bond acceptors (Lipinski definition) is 3. The normalized spacial score (nSPS) is 15.4. The quantitative estimate of drug-likeness (QED) is 0.656. The molecule has 1 N–H and O–H groups in total. The first kappa shape index (κ1) is 16.2. The standard InChI is InChI=1S/C19H20N2O3/c22-14-8-7-13-17-18(23)20(15-9-3-1-4-10-15)21(19(17)24)16-11-5-2-6-12-16/h1-6,9-12,17,22H,7-8,13-14H2. The van der Waals surface area contributed by atoms with Crippen molar-refractivity contribution in [1.82, 2.24) is 0 Å². The lowest BCUT2D eigenvalue weighted by molar-refractivity contribution is -0.127. The number of amides is 2. The fraction of sp³-hybridized carbons (Fsp3) is 0.263. The lowest BCUT2D eigenvalue weighted by Crippen LogP contribution is -2.41. The van der Waals surface area contributed by atoms with Gasteiger partial charge >= 0.3 is 0 Å². The average molecular weight is 324 g/mol. The molecule has 5 heteroatoms. The summed E-state index contributed by atoms with van der Waals surface area (Å²) in [6, 6.07) is 18.4. The number of hydrogen-bond donors (Lipinski definition) is 1. The van der Waals surface area contributed by atoms with Crippen molar-refractivity contribution >= 4 is 23.2 Å². The molecule has 0 saturated carbocycles. The third kappa shape index (κ3) is 3.03. The van der Waals surface area contributed by atoms with Gasteiger partial charge in [-0.05, 0) is 43.5 Å². The maximum Gasteiger partial charge on any atom is 0.258 e. The minimum Gasteiger partial charge on any atom is -0.396 e. The smallest absolute Gasteiger partial charge is 0.258 e. The zero-order valence-electron chi connectivity index (χ0n) is 13.3. The molecule has 0 spiro atoms. The molecule has 1 heterocycles. The molecule has 0 radical (unpaired) electrons. The van der Waals surface area contributed by atoms with Gasteiger partial charge in [0.1, 0.15) is 5.92 Å². The molecule has 2 aromatic carbocycles. The number of aliphatic hydroxyl groups is 1. The van der Waals surface area contributed by atoms with Gasteiger partial charge in [0.15, 0.2) is 0 Å². The van der Waals surface area contributed by atoms with Crippen molar-refractivity contribution in [3.05, 3.63) is 60.7 Å². The maximum atomic E-state index is 12.9. The Bertz CT molecular complexity index is 646. The van der Waals surface area contributed by atoms with Crippen molar-refractivity contribution in [3.8, 4) is 0 Å². The molecule has 24 heavy (non-hydrogen) atoms. The fourth-order valence-electron chi connectivity index (χ4n) is 2.93. The Labute approximate surface area is 141 Å². The first-order valence-corrected chi connectivity index (χ1v) is 8.13. The van der Waals surface area contributed by atoms with E-state index in [4.69, 9.17) is 5.11 Å². The number of hydrazine groups is 1. The number of rotatable bonds is 6. The fourth-order valence-corrected chi connectivity index (χ4v) is 2.93. The Morgan fingerprint density at radius 3 is 1.62 bits per heavy atom. The number of aliphatic hydroxyl groups excluding tert-OH is 1. The number of carbonyl (C=O) groups is 2. The Morgan fingerprint density at radius 1 is 0.750 bits per heavy atom. The molecule has 3 rings (SSSR count). The van der Waals surface area contributed by atoms with Crippen LogP contribution < -0.4 is 10.0 Å². The van der Waals surface area contributed by atoms with E-state index < -0.39 is 5.92 Å². The van der Waals surface area contributed by atoms with Gasteiger partial charge < -0.3 is 5.11 Å². The highest BCUT2D eigenvalue weighted by Crippen LogP contribution is 2.33. The van der Waals surface area contributed by atoms with Gasteiger partial charge in [-0.3, -0.25) is 9.59 Å². The second-order valence-electron chi connectivity index (χ2n) is 5.74.